The van der Waals surface area contributed by atoms with E-state index in [1.807, 2.05) is 19.3 Å². The second-order valence-corrected chi connectivity index (χ2v) is 1.13. The van der Waals surface area contributed by atoms with E-state index >= 15 is 0 Å². The summed E-state index contributed by atoms with van der Waals surface area (Å²) in [4.78, 5) is 0. The maximum Gasteiger partial charge on any atom is 0.219 e. The van der Waals surface area contributed by atoms with E-state index in [9.17, 15) is 0 Å². The Morgan fingerprint density at radius 2 is 2.50 bits per heavy atom. The summed E-state index contributed by atoms with van der Waals surface area (Å²) in [6, 6.07) is 1.83. The molecular weight excluding hydrogens is 78.0 g/mol. The highest BCUT2D eigenvalue weighted by Crippen LogP contribution is 1.69. The van der Waals surface area contributed by atoms with Crippen molar-refractivity contribution in [3.05, 3.63) is 18.5 Å². The molecule has 0 unspecified atom stereocenters. The van der Waals surface area contributed by atoms with Gasteiger partial charge in [-0.05, 0) is 4.74 Å². The summed E-state index contributed by atoms with van der Waals surface area (Å²) >= 11 is 0. The van der Waals surface area contributed by atoms with Crippen LogP contribution in [0, 0.1) is 0 Å². The second kappa shape index (κ2) is 1.12. The molecule has 0 saturated carbocycles. The summed E-state index contributed by atoms with van der Waals surface area (Å²) in [6.07, 6.45) is 3.46. The highest BCUT2D eigenvalue weighted by Gasteiger charge is 1.83. The van der Waals surface area contributed by atoms with Gasteiger partial charge >= 0.3 is 0 Å². The van der Waals surface area contributed by atoms with Gasteiger partial charge in [0.05, 0.1) is 0 Å². The molecule has 2 heteroatoms. The largest absolute Gasteiger partial charge is 0.245 e. The lowest BCUT2D eigenvalue weighted by Gasteiger charge is -1.61. The quantitative estimate of drug-likeness (QED) is 0.407. The first kappa shape index (κ1) is 3.40. The second-order valence-electron chi connectivity index (χ2n) is 1.13. The molecule has 1 aromatic heterocycles. The highest BCUT2D eigenvalue weighted by atomic mass is 16.5. The Morgan fingerprint density at radius 3 is 2.67 bits per heavy atom. The number of aromatic nitrogens is 1. The van der Waals surface area contributed by atoms with Crippen molar-refractivity contribution in [3.8, 4) is 0 Å². The van der Waals surface area contributed by atoms with Crippen molar-refractivity contribution in [3.63, 3.8) is 0 Å². The minimum Gasteiger partial charge on any atom is -0.245 e. The molecule has 0 N–H and O–H groups in total. The maximum absolute atomic E-state index is 4.75. The van der Waals surface area contributed by atoms with E-state index in [4.69, 9.17) is 4.52 Å². The molecule has 0 aliphatic heterocycles. The van der Waals surface area contributed by atoms with E-state index in [0.29, 0.717) is 0 Å². The van der Waals surface area contributed by atoms with E-state index in [1.54, 1.807) is 11.0 Å². The Hall–Kier alpha value is -0.790. The molecular formula is C4H6NO+. The minimum absolute atomic E-state index is 1.62. The zero-order valence-corrected chi connectivity index (χ0v) is 3.59. The van der Waals surface area contributed by atoms with Crippen molar-refractivity contribution < 1.29 is 9.26 Å². The van der Waals surface area contributed by atoms with Crippen LogP contribution in [0.3, 0.4) is 0 Å². The molecule has 0 aromatic carbocycles. The Labute approximate surface area is 36.0 Å². The van der Waals surface area contributed by atoms with E-state index in [-0.39, 0.29) is 0 Å². The number of hydrogen-bond acceptors (Lipinski definition) is 1. The van der Waals surface area contributed by atoms with Crippen LogP contribution in [0.5, 0.6) is 0 Å². The molecule has 0 radical (unpaired) electrons. The zero-order valence-electron chi connectivity index (χ0n) is 3.59. The SMILES string of the molecule is C[n+]1ccco1. The number of aryl methyl sites for hydroxylation is 1. The first-order chi connectivity index (χ1) is 2.89. The smallest absolute Gasteiger partial charge is 0.219 e. The number of rotatable bonds is 0. The molecule has 0 spiro atoms. The molecule has 0 aliphatic carbocycles. The predicted octanol–water partition coefficient (Wildman–Crippen LogP) is 0.104. The maximum atomic E-state index is 4.75. The van der Waals surface area contributed by atoms with Crippen LogP contribution in [-0.2, 0) is 7.05 Å². The van der Waals surface area contributed by atoms with E-state index in [1.165, 1.54) is 0 Å². The number of hydrogen-bond donors (Lipinski definition) is 0. The first-order valence-electron chi connectivity index (χ1n) is 1.79. The van der Waals surface area contributed by atoms with E-state index in [2.05, 4.69) is 0 Å². The average molecular weight is 84.1 g/mol. The standard InChI is InChI=1S/C4H6NO/c1-5-3-2-4-6-5/h2-4H,1H3/q+1. The molecule has 0 amide bonds. The molecule has 0 aliphatic rings. The molecule has 0 fully saturated rings. The lowest BCUT2D eigenvalue weighted by molar-refractivity contribution is -0.845. The molecule has 0 bridgehead atoms. The van der Waals surface area contributed by atoms with Gasteiger partial charge in [0.1, 0.15) is 0 Å². The van der Waals surface area contributed by atoms with Crippen LogP contribution in [0.2, 0.25) is 0 Å². The predicted molar refractivity (Wildman–Crippen MR) is 19.9 cm³/mol. The van der Waals surface area contributed by atoms with Gasteiger partial charge in [0.25, 0.3) is 0 Å². The van der Waals surface area contributed by atoms with Gasteiger partial charge in [-0.3, -0.25) is 0 Å². The number of nitrogens with zero attached hydrogens (tertiary/aromatic N) is 1. The van der Waals surface area contributed by atoms with Gasteiger partial charge in [0, 0.05) is 6.07 Å². The third-order valence-corrected chi connectivity index (χ3v) is 0.602. The highest BCUT2D eigenvalue weighted by molar-refractivity contribution is 4.62. The van der Waals surface area contributed by atoms with Gasteiger partial charge in [0.2, 0.25) is 6.20 Å². The normalized spacial score (nSPS) is 8.83. The van der Waals surface area contributed by atoms with Gasteiger partial charge in [0.15, 0.2) is 13.3 Å². The van der Waals surface area contributed by atoms with Crippen molar-refractivity contribution in [2.75, 3.05) is 0 Å². The van der Waals surface area contributed by atoms with E-state index < -0.39 is 0 Å². The first-order valence-corrected chi connectivity index (χ1v) is 1.79. The Kier molecular flexibility index (Phi) is 0.638. The van der Waals surface area contributed by atoms with Crippen molar-refractivity contribution in [2.24, 2.45) is 7.05 Å². The molecule has 6 heavy (non-hydrogen) atoms. The van der Waals surface area contributed by atoms with Crippen LogP contribution >= 0.6 is 0 Å². The summed E-state index contributed by atoms with van der Waals surface area (Å²) in [5.74, 6) is 0. The van der Waals surface area contributed by atoms with Gasteiger partial charge in [-0.1, -0.05) is 0 Å². The third kappa shape index (κ3) is 0.407. The van der Waals surface area contributed by atoms with Crippen molar-refractivity contribution in [1.29, 1.82) is 0 Å². The van der Waals surface area contributed by atoms with Crippen molar-refractivity contribution in [2.45, 2.75) is 0 Å². The van der Waals surface area contributed by atoms with Crippen LogP contribution in [-0.4, -0.2) is 0 Å². The molecule has 0 atom stereocenters. The Balaban J connectivity index is 3.05. The van der Waals surface area contributed by atoms with Crippen LogP contribution in [0.4, 0.5) is 0 Å². The fraction of sp³-hybridized carbons (Fsp3) is 0.250. The van der Waals surface area contributed by atoms with Crippen molar-refractivity contribution >= 4 is 0 Å². The third-order valence-electron chi connectivity index (χ3n) is 0.602. The Bertz CT molecular complexity index is 111. The lowest BCUT2D eigenvalue weighted by atomic mass is 10.8. The molecule has 1 heterocycles. The summed E-state index contributed by atoms with van der Waals surface area (Å²) in [7, 11) is 1.83. The van der Waals surface area contributed by atoms with E-state index in [0.717, 1.165) is 0 Å². The topological polar surface area (TPSA) is 17.0 Å². The molecule has 1 aromatic rings. The monoisotopic (exact) mass is 84.0 g/mol. The van der Waals surface area contributed by atoms with Gasteiger partial charge in [-0.2, -0.15) is 0 Å². The average Bonchev–Trinajstić information content (AvgIpc) is 1.86. The minimum atomic E-state index is 1.62. The lowest BCUT2D eigenvalue weighted by Crippen LogP contribution is -2.22. The van der Waals surface area contributed by atoms with Crippen LogP contribution < -0.4 is 4.74 Å². The summed E-state index contributed by atoms with van der Waals surface area (Å²) in [6.45, 7) is 0. The summed E-state index contributed by atoms with van der Waals surface area (Å²) in [5.41, 5.74) is 0. The van der Waals surface area contributed by atoms with Gasteiger partial charge < -0.3 is 0 Å². The summed E-state index contributed by atoms with van der Waals surface area (Å²) < 4.78 is 6.38. The fourth-order valence-corrected chi connectivity index (χ4v) is 0.323. The summed E-state index contributed by atoms with van der Waals surface area (Å²) in [5, 5.41) is 0. The Morgan fingerprint density at radius 1 is 1.67 bits per heavy atom. The molecule has 2 nitrogen and oxygen atoms in total. The molecule has 32 valence electrons. The zero-order chi connectivity index (χ0) is 4.41. The van der Waals surface area contributed by atoms with Gasteiger partial charge in [-0.25, -0.2) is 4.52 Å². The van der Waals surface area contributed by atoms with Gasteiger partial charge in [-0.15, -0.1) is 0 Å². The van der Waals surface area contributed by atoms with Crippen LogP contribution in [0.15, 0.2) is 23.0 Å². The van der Waals surface area contributed by atoms with Crippen LogP contribution in [0.1, 0.15) is 0 Å². The van der Waals surface area contributed by atoms with Crippen molar-refractivity contribution in [1.82, 2.24) is 0 Å². The molecule has 0 saturated heterocycles. The van der Waals surface area contributed by atoms with Crippen LogP contribution in [0.25, 0.3) is 0 Å². The fourth-order valence-electron chi connectivity index (χ4n) is 0.323. The molecule has 1 rings (SSSR count).